The zero-order valence-corrected chi connectivity index (χ0v) is 15.4. The van der Waals surface area contributed by atoms with Gasteiger partial charge >= 0.3 is 0 Å². The van der Waals surface area contributed by atoms with Gasteiger partial charge in [-0.25, -0.2) is 4.98 Å². The van der Waals surface area contributed by atoms with E-state index in [4.69, 9.17) is 9.47 Å². The molecule has 0 radical (unpaired) electrons. The number of methoxy groups -OCH3 is 1. The van der Waals surface area contributed by atoms with Crippen molar-refractivity contribution in [3.63, 3.8) is 0 Å². The molecule has 1 heterocycles. The highest BCUT2D eigenvalue weighted by Gasteiger charge is 2.29. The molecule has 3 rings (SSSR count). The molecule has 27 heavy (non-hydrogen) atoms. The standard InChI is InChI=1S/C20H23N3O4/c1-13(15-4-3-5-17(10-15)26-2)22-18(24)12-27-19-9-8-16(11-21-19)23-20(25)14-6-7-14/h3-5,8-11,13-14H,6-7,12H2,1-2H3,(H,22,24)(H,23,25)/t13-/m0/s1. The second-order valence-electron chi connectivity index (χ2n) is 6.50. The van der Waals surface area contributed by atoms with Gasteiger partial charge in [0.05, 0.1) is 25.0 Å². The van der Waals surface area contributed by atoms with E-state index in [9.17, 15) is 9.59 Å². The highest BCUT2D eigenvalue weighted by molar-refractivity contribution is 5.93. The number of amides is 2. The Morgan fingerprint density at radius 1 is 1.26 bits per heavy atom. The van der Waals surface area contributed by atoms with Crippen molar-refractivity contribution >= 4 is 17.5 Å². The Morgan fingerprint density at radius 2 is 2.07 bits per heavy atom. The highest BCUT2D eigenvalue weighted by atomic mass is 16.5. The van der Waals surface area contributed by atoms with E-state index in [1.54, 1.807) is 19.2 Å². The van der Waals surface area contributed by atoms with Gasteiger partial charge in [-0.15, -0.1) is 0 Å². The molecule has 2 aromatic rings. The lowest BCUT2D eigenvalue weighted by molar-refractivity contribution is -0.123. The fourth-order valence-electron chi connectivity index (χ4n) is 2.55. The number of hydrogen-bond acceptors (Lipinski definition) is 5. The number of ether oxygens (including phenoxy) is 2. The van der Waals surface area contributed by atoms with Crippen molar-refractivity contribution < 1.29 is 19.1 Å². The van der Waals surface area contributed by atoms with Gasteiger partial charge in [-0.05, 0) is 43.5 Å². The summed E-state index contributed by atoms with van der Waals surface area (Å²) in [6.07, 6.45) is 3.42. The molecule has 0 aliphatic heterocycles. The van der Waals surface area contributed by atoms with Gasteiger partial charge in [-0.2, -0.15) is 0 Å². The van der Waals surface area contributed by atoms with Gasteiger partial charge in [0.1, 0.15) is 5.75 Å². The molecule has 1 aromatic carbocycles. The topological polar surface area (TPSA) is 89.5 Å². The quantitative estimate of drug-likeness (QED) is 0.747. The van der Waals surface area contributed by atoms with Gasteiger partial charge in [-0.3, -0.25) is 9.59 Å². The monoisotopic (exact) mass is 369 g/mol. The maximum absolute atomic E-state index is 12.1. The molecule has 0 unspecified atom stereocenters. The molecule has 1 aliphatic carbocycles. The third-order valence-corrected chi connectivity index (χ3v) is 4.27. The second-order valence-corrected chi connectivity index (χ2v) is 6.50. The fourth-order valence-corrected chi connectivity index (χ4v) is 2.55. The molecule has 7 nitrogen and oxygen atoms in total. The predicted molar refractivity (Wildman–Crippen MR) is 101 cm³/mol. The van der Waals surface area contributed by atoms with Crippen LogP contribution in [0.4, 0.5) is 5.69 Å². The maximum Gasteiger partial charge on any atom is 0.258 e. The van der Waals surface area contributed by atoms with E-state index in [1.807, 2.05) is 31.2 Å². The lowest BCUT2D eigenvalue weighted by atomic mass is 10.1. The Balaban J connectivity index is 1.46. The average molecular weight is 369 g/mol. The Hall–Kier alpha value is -3.09. The first-order valence-electron chi connectivity index (χ1n) is 8.88. The molecule has 1 fully saturated rings. The van der Waals surface area contributed by atoms with Crippen LogP contribution in [0, 0.1) is 5.92 Å². The molecule has 142 valence electrons. The van der Waals surface area contributed by atoms with Crippen LogP contribution in [0.5, 0.6) is 11.6 Å². The first-order valence-corrected chi connectivity index (χ1v) is 8.88. The highest BCUT2D eigenvalue weighted by Crippen LogP contribution is 2.30. The Kier molecular flexibility index (Phi) is 5.90. The van der Waals surface area contributed by atoms with Crippen LogP contribution in [0.1, 0.15) is 31.4 Å². The summed E-state index contributed by atoms with van der Waals surface area (Å²) in [6, 6.07) is 10.7. The molecular formula is C20H23N3O4. The number of aromatic nitrogens is 1. The molecule has 1 saturated carbocycles. The normalized spacial score (nSPS) is 14.1. The summed E-state index contributed by atoms with van der Waals surface area (Å²) in [5, 5.41) is 5.67. The van der Waals surface area contributed by atoms with Gasteiger partial charge in [-0.1, -0.05) is 12.1 Å². The zero-order chi connectivity index (χ0) is 19.2. The van der Waals surface area contributed by atoms with E-state index < -0.39 is 0 Å². The van der Waals surface area contributed by atoms with E-state index in [-0.39, 0.29) is 30.4 Å². The largest absolute Gasteiger partial charge is 0.497 e. The van der Waals surface area contributed by atoms with Crippen LogP contribution in [-0.2, 0) is 9.59 Å². The minimum atomic E-state index is -0.252. The van der Waals surface area contributed by atoms with Crippen molar-refractivity contribution in [3.05, 3.63) is 48.2 Å². The molecule has 2 amide bonds. The predicted octanol–water partition coefficient (Wildman–Crippen LogP) is 2.69. The molecule has 1 atom stereocenters. The van der Waals surface area contributed by atoms with Crippen LogP contribution >= 0.6 is 0 Å². The number of carbonyl (C=O) groups excluding carboxylic acids is 2. The lowest BCUT2D eigenvalue weighted by Crippen LogP contribution is -2.31. The van der Waals surface area contributed by atoms with Crippen LogP contribution in [0.25, 0.3) is 0 Å². The summed E-state index contributed by atoms with van der Waals surface area (Å²) in [6.45, 7) is 1.75. The van der Waals surface area contributed by atoms with Crippen molar-refractivity contribution in [2.75, 3.05) is 19.0 Å². The summed E-state index contributed by atoms with van der Waals surface area (Å²) >= 11 is 0. The van der Waals surface area contributed by atoms with E-state index >= 15 is 0 Å². The van der Waals surface area contributed by atoms with E-state index in [1.165, 1.54) is 6.20 Å². The Morgan fingerprint density at radius 3 is 2.74 bits per heavy atom. The van der Waals surface area contributed by atoms with Crippen molar-refractivity contribution in [1.29, 1.82) is 0 Å². The molecule has 0 saturated heterocycles. The second kappa shape index (κ2) is 8.53. The summed E-state index contributed by atoms with van der Waals surface area (Å²) in [4.78, 5) is 27.9. The molecule has 2 N–H and O–H groups in total. The van der Waals surface area contributed by atoms with Crippen LogP contribution in [0.3, 0.4) is 0 Å². The van der Waals surface area contributed by atoms with Crippen molar-refractivity contribution in [1.82, 2.24) is 10.3 Å². The number of hydrogen-bond donors (Lipinski definition) is 2. The number of anilines is 1. The van der Waals surface area contributed by atoms with Gasteiger partial charge in [0.15, 0.2) is 6.61 Å². The summed E-state index contributed by atoms with van der Waals surface area (Å²) in [5.41, 5.74) is 1.56. The minimum Gasteiger partial charge on any atom is -0.497 e. The summed E-state index contributed by atoms with van der Waals surface area (Å²) in [5.74, 6) is 0.970. The van der Waals surface area contributed by atoms with E-state index in [0.717, 1.165) is 24.2 Å². The van der Waals surface area contributed by atoms with Crippen molar-refractivity contribution in [2.45, 2.75) is 25.8 Å². The Labute approximate surface area is 158 Å². The number of pyridine rings is 1. The molecule has 0 bridgehead atoms. The first kappa shape index (κ1) is 18.7. The van der Waals surface area contributed by atoms with Gasteiger partial charge in [0, 0.05) is 12.0 Å². The smallest absolute Gasteiger partial charge is 0.258 e. The average Bonchev–Trinajstić information content (AvgIpc) is 3.53. The number of benzene rings is 1. The number of nitrogens with zero attached hydrogens (tertiary/aromatic N) is 1. The first-order chi connectivity index (χ1) is 13.0. The third kappa shape index (κ3) is 5.44. The van der Waals surface area contributed by atoms with Gasteiger partial charge in [0.2, 0.25) is 11.8 Å². The molecule has 0 spiro atoms. The third-order valence-electron chi connectivity index (χ3n) is 4.27. The van der Waals surface area contributed by atoms with Gasteiger partial charge in [0.25, 0.3) is 5.91 Å². The van der Waals surface area contributed by atoms with Crippen LogP contribution in [0.15, 0.2) is 42.6 Å². The Bertz CT molecular complexity index is 803. The van der Waals surface area contributed by atoms with Crippen molar-refractivity contribution in [3.8, 4) is 11.6 Å². The van der Waals surface area contributed by atoms with Crippen LogP contribution in [0.2, 0.25) is 0 Å². The summed E-state index contributed by atoms with van der Waals surface area (Å²) in [7, 11) is 1.60. The number of rotatable bonds is 8. The SMILES string of the molecule is COc1cccc([C@H](C)NC(=O)COc2ccc(NC(=O)C3CC3)cn2)c1. The maximum atomic E-state index is 12.1. The lowest BCUT2D eigenvalue weighted by Gasteiger charge is -2.15. The van der Waals surface area contributed by atoms with E-state index in [0.29, 0.717) is 11.6 Å². The number of nitrogens with one attached hydrogen (secondary N) is 2. The van der Waals surface area contributed by atoms with Crippen LogP contribution in [-0.4, -0.2) is 30.5 Å². The zero-order valence-electron chi connectivity index (χ0n) is 15.4. The molecule has 1 aliphatic rings. The fraction of sp³-hybridized carbons (Fsp3) is 0.350. The van der Waals surface area contributed by atoms with Crippen LogP contribution < -0.4 is 20.1 Å². The molecule has 1 aromatic heterocycles. The molecular weight excluding hydrogens is 346 g/mol. The number of carbonyl (C=O) groups is 2. The van der Waals surface area contributed by atoms with E-state index in [2.05, 4.69) is 15.6 Å². The van der Waals surface area contributed by atoms with Crippen molar-refractivity contribution in [2.24, 2.45) is 5.92 Å². The summed E-state index contributed by atoms with van der Waals surface area (Å²) < 4.78 is 10.6. The van der Waals surface area contributed by atoms with Gasteiger partial charge < -0.3 is 20.1 Å². The molecule has 7 heteroatoms. The minimum absolute atomic E-state index is 0.0244.